The number of rotatable bonds is 6. The number of fused-ring (bicyclic) bond motifs is 1. The van der Waals surface area contributed by atoms with Crippen molar-refractivity contribution >= 4 is 28.4 Å². The van der Waals surface area contributed by atoms with Gasteiger partial charge in [-0.2, -0.15) is 0 Å². The average Bonchev–Trinajstić information content (AvgIpc) is 2.77. The summed E-state index contributed by atoms with van der Waals surface area (Å²) in [6.45, 7) is 1.63. The second-order valence-electron chi connectivity index (χ2n) is 4.82. The molecule has 0 saturated heterocycles. The van der Waals surface area contributed by atoms with Gasteiger partial charge in [0.05, 0.1) is 0 Å². The summed E-state index contributed by atoms with van der Waals surface area (Å²) in [6.07, 6.45) is 3.49. The lowest BCUT2D eigenvalue weighted by Gasteiger charge is -2.05. The molecule has 1 amide bonds. The molecule has 2 aromatic rings. The van der Waals surface area contributed by atoms with Crippen LogP contribution in [0.4, 0.5) is 0 Å². The molecule has 20 heavy (non-hydrogen) atoms. The first-order chi connectivity index (χ1) is 9.65. The largest absolute Gasteiger partial charge is 0.359 e. The van der Waals surface area contributed by atoms with Crippen molar-refractivity contribution in [2.45, 2.75) is 25.9 Å². The predicted octanol–water partition coefficient (Wildman–Crippen LogP) is 2.54. The number of carbonyl (C=O) groups excluding carboxylic acids is 1. The van der Waals surface area contributed by atoms with E-state index >= 15 is 0 Å². The van der Waals surface area contributed by atoms with Gasteiger partial charge in [-0.05, 0) is 31.2 Å². The van der Waals surface area contributed by atoms with Gasteiger partial charge in [-0.3, -0.25) is 4.79 Å². The molecule has 0 aliphatic carbocycles. The Morgan fingerprint density at radius 3 is 2.85 bits per heavy atom. The molecule has 0 aliphatic rings. The van der Waals surface area contributed by atoms with Gasteiger partial charge in [-0.15, -0.1) is 0 Å². The first-order valence-electron chi connectivity index (χ1n) is 6.78. The summed E-state index contributed by atoms with van der Waals surface area (Å²) in [5.74, 6) is 0.0787. The number of aryl methyl sites for hydroxylation is 1. The van der Waals surface area contributed by atoms with Gasteiger partial charge in [-0.1, -0.05) is 17.7 Å². The minimum Gasteiger partial charge on any atom is -0.359 e. The maximum atomic E-state index is 11.3. The fourth-order valence-electron chi connectivity index (χ4n) is 2.39. The molecule has 4 nitrogen and oxygen atoms in total. The third-order valence-corrected chi connectivity index (χ3v) is 3.61. The minimum absolute atomic E-state index is 0.0787. The van der Waals surface area contributed by atoms with Gasteiger partial charge in [0.1, 0.15) is 0 Å². The molecule has 2 rings (SSSR count). The maximum absolute atomic E-state index is 11.3. The molecule has 5 heteroatoms. The Balaban J connectivity index is 2.23. The molecular formula is C15H20ClN3O. The normalized spacial score (nSPS) is 10.9. The molecule has 0 unspecified atom stereocenters. The fourth-order valence-corrected chi connectivity index (χ4v) is 2.56. The lowest BCUT2D eigenvalue weighted by atomic mass is 10.2. The van der Waals surface area contributed by atoms with Crippen LogP contribution >= 0.6 is 11.6 Å². The number of benzene rings is 1. The van der Waals surface area contributed by atoms with Crippen LogP contribution in [-0.2, 0) is 17.9 Å². The molecule has 1 aromatic heterocycles. The van der Waals surface area contributed by atoms with Crippen molar-refractivity contribution in [1.29, 1.82) is 0 Å². The van der Waals surface area contributed by atoms with Gasteiger partial charge >= 0.3 is 0 Å². The summed E-state index contributed by atoms with van der Waals surface area (Å²) in [7, 11) is 3.60. The van der Waals surface area contributed by atoms with E-state index in [0.29, 0.717) is 6.42 Å². The topological polar surface area (TPSA) is 46.1 Å². The van der Waals surface area contributed by atoms with E-state index in [9.17, 15) is 4.79 Å². The Labute approximate surface area is 124 Å². The first-order valence-corrected chi connectivity index (χ1v) is 7.16. The van der Waals surface area contributed by atoms with E-state index in [1.165, 1.54) is 10.9 Å². The third-order valence-electron chi connectivity index (χ3n) is 3.38. The zero-order valence-electron chi connectivity index (χ0n) is 11.9. The van der Waals surface area contributed by atoms with E-state index in [2.05, 4.69) is 27.5 Å². The van der Waals surface area contributed by atoms with Crippen molar-refractivity contribution in [1.82, 2.24) is 15.2 Å². The van der Waals surface area contributed by atoms with Gasteiger partial charge in [0, 0.05) is 48.7 Å². The number of nitrogens with one attached hydrogen (secondary N) is 2. The Bertz CT molecular complexity index is 606. The van der Waals surface area contributed by atoms with Gasteiger partial charge in [0.25, 0.3) is 0 Å². The number of aromatic nitrogens is 1. The van der Waals surface area contributed by atoms with E-state index in [1.54, 1.807) is 7.05 Å². The first kappa shape index (κ1) is 14.9. The zero-order chi connectivity index (χ0) is 14.5. The summed E-state index contributed by atoms with van der Waals surface area (Å²) in [5, 5.41) is 7.77. The van der Waals surface area contributed by atoms with Crippen molar-refractivity contribution < 1.29 is 4.79 Å². The molecule has 0 atom stereocenters. The minimum atomic E-state index is 0.0787. The van der Waals surface area contributed by atoms with Gasteiger partial charge < -0.3 is 15.2 Å². The summed E-state index contributed by atoms with van der Waals surface area (Å²) < 4.78 is 2.18. The van der Waals surface area contributed by atoms with Crippen LogP contribution in [0.25, 0.3) is 10.9 Å². The van der Waals surface area contributed by atoms with Crippen LogP contribution in [0, 0.1) is 0 Å². The lowest BCUT2D eigenvalue weighted by molar-refractivity contribution is -0.120. The SMILES string of the molecule is CNCc1cn(CCCC(=O)NC)c2cc(Cl)ccc12. The van der Waals surface area contributed by atoms with Crippen LogP contribution in [-0.4, -0.2) is 24.6 Å². The Hall–Kier alpha value is -1.52. The smallest absolute Gasteiger partial charge is 0.219 e. The number of nitrogens with zero attached hydrogens (tertiary/aromatic N) is 1. The zero-order valence-corrected chi connectivity index (χ0v) is 12.6. The summed E-state index contributed by atoms with van der Waals surface area (Å²) in [5.41, 5.74) is 2.37. The van der Waals surface area contributed by atoms with Crippen molar-refractivity contribution in [2.24, 2.45) is 0 Å². The number of hydrogen-bond acceptors (Lipinski definition) is 2. The second-order valence-corrected chi connectivity index (χ2v) is 5.25. The van der Waals surface area contributed by atoms with E-state index in [4.69, 9.17) is 11.6 Å². The monoisotopic (exact) mass is 293 g/mol. The third kappa shape index (κ3) is 3.32. The quantitative estimate of drug-likeness (QED) is 0.860. The highest BCUT2D eigenvalue weighted by atomic mass is 35.5. The predicted molar refractivity (Wildman–Crippen MR) is 83.0 cm³/mol. The molecular weight excluding hydrogens is 274 g/mol. The van der Waals surface area contributed by atoms with Crippen molar-refractivity contribution in [2.75, 3.05) is 14.1 Å². The highest BCUT2D eigenvalue weighted by molar-refractivity contribution is 6.31. The van der Waals surface area contributed by atoms with Crippen LogP contribution in [0.2, 0.25) is 5.02 Å². The lowest BCUT2D eigenvalue weighted by Crippen LogP contribution is -2.17. The van der Waals surface area contributed by atoms with Crippen molar-refractivity contribution in [3.05, 3.63) is 35.0 Å². The van der Waals surface area contributed by atoms with E-state index in [0.717, 1.165) is 30.0 Å². The Morgan fingerprint density at radius 1 is 1.35 bits per heavy atom. The van der Waals surface area contributed by atoms with E-state index in [-0.39, 0.29) is 5.91 Å². The molecule has 0 radical (unpaired) electrons. The summed E-state index contributed by atoms with van der Waals surface area (Å²) >= 11 is 6.09. The van der Waals surface area contributed by atoms with E-state index < -0.39 is 0 Å². The molecule has 1 aromatic carbocycles. The standard InChI is InChI=1S/C15H20ClN3O/c1-17-9-11-10-19(7-3-4-15(20)18-2)14-8-12(16)5-6-13(11)14/h5-6,8,10,17H,3-4,7,9H2,1-2H3,(H,18,20). The Morgan fingerprint density at radius 2 is 2.15 bits per heavy atom. The number of halogens is 1. The molecule has 0 saturated carbocycles. The van der Waals surface area contributed by atoms with Crippen molar-refractivity contribution in [3.63, 3.8) is 0 Å². The molecule has 0 bridgehead atoms. The van der Waals surface area contributed by atoms with Crippen LogP contribution in [0.3, 0.4) is 0 Å². The van der Waals surface area contributed by atoms with Crippen LogP contribution in [0.5, 0.6) is 0 Å². The highest BCUT2D eigenvalue weighted by Crippen LogP contribution is 2.25. The highest BCUT2D eigenvalue weighted by Gasteiger charge is 2.09. The fraction of sp³-hybridized carbons (Fsp3) is 0.400. The summed E-state index contributed by atoms with van der Waals surface area (Å²) in [6, 6.07) is 5.95. The van der Waals surface area contributed by atoms with E-state index in [1.807, 2.05) is 19.2 Å². The van der Waals surface area contributed by atoms with Gasteiger partial charge in [0.2, 0.25) is 5.91 Å². The van der Waals surface area contributed by atoms with Gasteiger partial charge in [0.15, 0.2) is 0 Å². The van der Waals surface area contributed by atoms with Crippen molar-refractivity contribution in [3.8, 4) is 0 Å². The number of carbonyl (C=O) groups is 1. The molecule has 0 fully saturated rings. The van der Waals surface area contributed by atoms with Crippen LogP contribution in [0.15, 0.2) is 24.4 Å². The number of amides is 1. The van der Waals surface area contributed by atoms with Crippen LogP contribution < -0.4 is 10.6 Å². The average molecular weight is 294 g/mol. The Kier molecular flexibility index (Phi) is 5.04. The molecule has 0 spiro atoms. The summed E-state index contributed by atoms with van der Waals surface area (Å²) in [4.78, 5) is 11.3. The van der Waals surface area contributed by atoms with Crippen LogP contribution in [0.1, 0.15) is 18.4 Å². The number of hydrogen-bond donors (Lipinski definition) is 2. The molecule has 0 aliphatic heterocycles. The molecule has 1 heterocycles. The second kappa shape index (κ2) is 6.77. The van der Waals surface area contributed by atoms with Gasteiger partial charge in [-0.25, -0.2) is 0 Å². The molecule has 2 N–H and O–H groups in total. The molecule has 108 valence electrons. The maximum Gasteiger partial charge on any atom is 0.219 e.